The van der Waals surface area contributed by atoms with Gasteiger partial charge in [0.2, 0.25) is 0 Å². The zero-order chi connectivity index (χ0) is 13.3. The maximum atomic E-state index is 11.5. The standard InChI is InChI=1S/C15H22N2O/c1-11(18)12-6-4-7-13(10-12)17-9-5-8-14(16)15(17,2)3/h4,6-7,10,14H,5,8-9,16H2,1-3H3. The van der Waals surface area contributed by atoms with Crippen LogP contribution in [0.2, 0.25) is 0 Å². The molecule has 1 atom stereocenters. The molecule has 2 rings (SSSR count). The van der Waals surface area contributed by atoms with E-state index in [2.05, 4.69) is 24.8 Å². The smallest absolute Gasteiger partial charge is 0.159 e. The van der Waals surface area contributed by atoms with Gasteiger partial charge in [0.15, 0.2) is 5.78 Å². The van der Waals surface area contributed by atoms with Gasteiger partial charge in [0.05, 0.1) is 0 Å². The monoisotopic (exact) mass is 246 g/mol. The Morgan fingerprint density at radius 2 is 2.17 bits per heavy atom. The number of Topliss-reactive ketones (excluding diaryl/α,β-unsaturated/α-hetero) is 1. The molecule has 0 aromatic heterocycles. The average molecular weight is 246 g/mol. The molecule has 1 unspecified atom stereocenters. The van der Waals surface area contributed by atoms with Gasteiger partial charge in [-0.15, -0.1) is 0 Å². The summed E-state index contributed by atoms with van der Waals surface area (Å²) in [7, 11) is 0. The van der Waals surface area contributed by atoms with Gasteiger partial charge in [-0.2, -0.15) is 0 Å². The van der Waals surface area contributed by atoms with Crippen molar-refractivity contribution < 1.29 is 4.79 Å². The third kappa shape index (κ3) is 2.27. The van der Waals surface area contributed by atoms with E-state index in [1.165, 1.54) is 0 Å². The summed E-state index contributed by atoms with van der Waals surface area (Å²) in [5.41, 5.74) is 8.03. The van der Waals surface area contributed by atoms with Crippen molar-refractivity contribution in [3.63, 3.8) is 0 Å². The molecular weight excluding hydrogens is 224 g/mol. The first kappa shape index (κ1) is 13.1. The number of ketones is 1. The minimum absolute atomic E-state index is 0.0618. The SMILES string of the molecule is CC(=O)c1cccc(N2CCCC(N)C2(C)C)c1. The van der Waals surface area contributed by atoms with Gasteiger partial charge in [-0.05, 0) is 45.7 Å². The number of rotatable bonds is 2. The Balaban J connectivity index is 2.35. The Kier molecular flexibility index (Phi) is 3.44. The molecule has 18 heavy (non-hydrogen) atoms. The second kappa shape index (κ2) is 4.73. The summed E-state index contributed by atoms with van der Waals surface area (Å²) in [5.74, 6) is 0.107. The van der Waals surface area contributed by atoms with Crippen LogP contribution in [-0.2, 0) is 0 Å². The molecule has 1 aromatic carbocycles. The van der Waals surface area contributed by atoms with Crippen molar-refractivity contribution in [1.29, 1.82) is 0 Å². The van der Waals surface area contributed by atoms with Gasteiger partial charge in [-0.1, -0.05) is 12.1 Å². The van der Waals surface area contributed by atoms with Crippen molar-refractivity contribution in [2.24, 2.45) is 5.73 Å². The fourth-order valence-electron chi connectivity index (χ4n) is 2.67. The van der Waals surface area contributed by atoms with Crippen LogP contribution in [-0.4, -0.2) is 23.9 Å². The minimum atomic E-state index is -0.0618. The predicted molar refractivity (Wildman–Crippen MR) is 75.1 cm³/mol. The lowest BCUT2D eigenvalue weighted by Crippen LogP contribution is -2.59. The van der Waals surface area contributed by atoms with Crippen molar-refractivity contribution in [2.75, 3.05) is 11.4 Å². The molecule has 0 radical (unpaired) electrons. The van der Waals surface area contributed by atoms with Gasteiger partial charge in [-0.25, -0.2) is 0 Å². The maximum absolute atomic E-state index is 11.5. The van der Waals surface area contributed by atoms with Crippen molar-refractivity contribution in [1.82, 2.24) is 0 Å². The van der Waals surface area contributed by atoms with E-state index in [9.17, 15) is 4.79 Å². The first-order valence-corrected chi connectivity index (χ1v) is 6.57. The number of piperidine rings is 1. The van der Waals surface area contributed by atoms with Crippen LogP contribution >= 0.6 is 0 Å². The third-order valence-electron chi connectivity index (χ3n) is 4.06. The van der Waals surface area contributed by atoms with Crippen LogP contribution in [0.3, 0.4) is 0 Å². The average Bonchev–Trinajstić information content (AvgIpc) is 2.32. The summed E-state index contributed by atoms with van der Waals surface area (Å²) in [4.78, 5) is 13.8. The van der Waals surface area contributed by atoms with E-state index in [1.807, 2.05) is 18.2 Å². The normalized spacial score (nSPS) is 22.9. The Morgan fingerprint density at radius 1 is 1.44 bits per heavy atom. The Labute approximate surface area is 109 Å². The minimum Gasteiger partial charge on any atom is -0.365 e. The van der Waals surface area contributed by atoms with Crippen molar-refractivity contribution in [2.45, 2.75) is 45.2 Å². The van der Waals surface area contributed by atoms with Crippen LogP contribution in [0.4, 0.5) is 5.69 Å². The summed E-state index contributed by atoms with van der Waals surface area (Å²) in [6.45, 7) is 6.96. The lowest BCUT2D eigenvalue weighted by Gasteiger charge is -2.48. The van der Waals surface area contributed by atoms with E-state index < -0.39 is 0 Å². The molecule has 1 heterocycles. The van der Waals surface area contributed by atoms with E-state index in [0.29, 0.717) is 0 Å². The summed E-state index contributed by atoms with van der Waals surface area (Å²) in [6.07, 6.45) is 2.17. The van der Waals surface area contributed by atoms with Crippen molar-refractivity contribution >= 4 is 11.5 Å². The number of nitrogens with zero attached hydrogens (tertiary/aromatic N) is 1. The summed E-state index contributed by atoms with van der Waals surface area (Å²) in [5, 5.41) is 0. The highest BCUT2D eigenvalue weighted by atomic mass is 16.1. The first-order chi connectivity index (χ1) is 8.43. The Bertz CT molecular complexity index is 454. The van der Waals surface area contributed by atoms with Gasteiger partial charge < -0.3 is 10.6 Å². The molecule has 0 aliphatic carbocycles. The molecule has 1 aromatic rings. The van der Waals surface area contributed by atoms with Gasteiger partial charge in [-0.3, -0.25) is 4.79 Å². The molecule has 1 aliphatic rings. The number of hydrogen-bond acceptors (Lipinski definition) is 3. The zero-order valence-corrected chi connectivity index (χ0v) is 11.4. The molecule has 0 saturated carbocycles. The Hall–Kier alpha value is -1.35. The van der Waals surface area contributed by atoms with Gasteiger partial charge >= 0.3 is 0 Å². The maximum Gasteiger partial charge on any atom is 0.159 e. The molecule has 0 bridgehead atoms. The number of anilines is 1. The van der Waals surface area contributed by atoms with Crippen molar-refractivity contribution in [3.05, 3.63) is 29.8 Å². The number of benzene rings is 1. The van der Waals surface area contributed by atoms with Crippen LogP contribution < -0.4 is 10.6 Å². The van der Waals surface area contributed by atoms with E-state index in [0.717, 1.165) is 30.6 Å². The Morgan fingerprint density at radius 3 is 2.83 bits per heavy atom. The van der Waals surface area contributed by atoms with E-state index in [4.69, 9.17) is 5.73 Å². The number of nitrogens with two attached hydrogens (primary N) is 1. The molecule has 3 heteroatoms. The second-order valence-corrected chi connectivity index (χ2v) is 5.66. The van der Waals surface area contributed by atoms with Crippen molar-refractivity contribution in [3.8, 4) is 0 Å². The molecule has 1 aliphatic heterocycles. The predicted octanol–water partition coefficient (Wildman–Crippen LogP) is 2.60. The van der Waals surface area contributed by atoms with Crippen LogP contribution in [0.5, 0.6) is 0 Å². The van der Waals surface area contributed by atoms with Gasteiger partial charge in [0.1, 0.15) is 0 Å². The van der Waals surface area contributed by atoms with Crippen LogP contribution in [0.15, 0.2) is 24.3 Å². The number of carbonyl (C=O) groups is 1. The summed E-state index contributed by atoms with van der Waals surface area (Å²) < 4.78 is 0. The molecular formula is C15H22N2O. The van der Waals surface area contributed by atoms with E-state index in [1.54, 1.807) is 6.92 Å². The molecule has 3 nitrogen and oxygen atoms in total. The lowest BCUT2D eigenvalue weighted by atomic mass is 9.85. The fraction of sp³-hybridized carbons (Fsp3) is 0.533. The second-order valence-electron chi connectivity index (χ2n) is 5.66. The summed E-state index contributed by atoms with van der Waals surface area (Å²) >= 11 is 0. The van der Waals surface area contributed by atoms with Crippen LogP contribution in [0.25, 0.3) is 0 Å². The fourth-order valence-corrected chi connectivity index (χ4v) is 2.67. The molecule has 0 amide bonds. The van der Waals surface area contributed by atoms with Crippen LogP contribution in [0, 0.1) is 0 Å². The summed E-state index contributed by atoms with van der Waals surface area (Å²) in [6, 6.07) is 8.02. The largest absolute Gasteiger partial charge is 0.365 e. The highest BCUT2D eigenvalue weighted by Crippen LogP contribution is 2.32. The molecule has 0 spiro atoms. The highest BCUT2D eigenvalue weighted by Gasteiger charge is 2.36. The lowest BCUT2D eigenvalue weighted by molar-refractivity contribution is 0.101. The molecule has 2 N–H and O–H groups in total. The van der Waals surface area contributed by atoms with Gasteiger partial charge in [0, 0.05) is 29.4 Å². The quantitative estimate of drug-likeness (QED) is 0.816. The number of carbonyl (C=O) groups excluding carboxylic acids is 1. The van der Waals surface area contributed by atoms with Gasteiger partial charge in [0.25, 0.3) is 0 Å². The zero-order valence-electron chi connectivity index (χ0n) is 11.4. The third-order valence-corrected chi connectivity index (χ3v) is 4.06. The topological polar surface area (TPSA) is 46.3 Å². The van der Waals surface area contributed by atoms with E-state index in [-0.39, 0.29) is 17.4 Å². The molecule has 98 valence electrons. The number of hydrogen-bond donors (Lipinski definition) is 1. The van der Waals surface area contributed by atoms with Crippen LogP contribution in [0.1, 0.15) is 44.0 Å². The van der Waals surface area contributed by atoms with E-state index >= 15 is 0 Å². The molecule has 1 saturated heterocycles. The highest BCUT2D eigenvalue weighted by molar-refractivity contribution is 5.95. The first-order valence-electron chi connectivity index (χ1n) is 6.57. The molecule has 1 fully saturated rings.